The van der Waals surface area contributed by atoms with E-state index >= 15 is 4.39 Å². The predicted octanol–water partition coefficient (Wildman–Crippen LogP) is 6.86. The van der Waals surface area contributed by atoms with Crippen LogP contribution in [-0.2, 0) is 20.9 Å². The Kier molecular flexibility index (Phi) is 10.1. The first-order valence-electron chi connectivity index (χ1n) is 18.1. The van der Waals surface area contributed by atoms with Gasteiger partial charge in [0, 0.05) is 63.9 Å². The fourth-order valence-electron chi connectivity index (χ4n) is 6.50. The van der Waals surface area contributed by atoms with Crippen molar-refractivity contribution in [3.63, 3.8) is 0 Å². The summed E-state index contributed by atoms with van der Waals surface area (Å²) in [6.45, 7) is 15.7. The number of fused-ring (bicyclic) bond motifs is 1. The Morgan fingerprint density at radius 1 is 1.04 bits per heavy atom. The number of halogens is 1. The molecule has 16 heteroatoms. The van der Waals surface area contributed by atoms with Crippen LogP contribution in [0, 0.1) is 5.82 Å². The van der Waals surface area contributed by atoms with Crippen molar-refractivity contribution in [3.05, 3.63) is 78.6 Å². The van der Waals surface area contributed by atoms with E-state index in [4.69, 9.17) is 19.2 Å². The van der Waals surface area contributed by atoms with Crippen molar-refractivity contribution < 1.29 is 28.2 Å². The summed E-state index contributed by atoms with van der Waals surface area (Å²) in [4.78, 5) is 40.7. The van der Waals surface area contributed by atoms with Gasteiger partial charge in [-0.05, 0) is 56.6 Å². The van der Waals surface area contributed by atoms with E-state index in [-0.39, 0.29) is 30.8 Å². The first-order valence-corrected chi connectivity index (χ1v) is 21.8. The van der Waals surface area contributed by atoms with Gasteiger partial charge in [0.25, 0.3) is 0 Å². The van der Waals surface area contributed by atoms with Crippen molar-refractivity contribution in [1.82, 2.24) is 34.3 Å². The Bertz CT molecular complexity index is 2150. The summed E-state index contributed by atoms with van der Waals surface area (Å²) in [7, 11) is -1.21. The van der Waals surface area contributed by atoms with Crippen LogP contribution >= 0.6 is 0 Å². The normalized spacial score (nSPS) is 16.7. The van der Waals surface area contributed by atoms with Gasteiger partial charge in [-0.1, -0.05) is 43.9 Å². The van der Waals surface area contributed by atoms with Crippen LogP contribution in [0.4, 0.5) is 25.5 Å². The number of carbonyl (C=O) groups is 2. The highest BCUT2D eigenvalue weighted by atomic mass is 28.3. The lowest BCUT2D eigenvalue weighted by Gasteiger charge is -2.38. The van der Waals surface area contributed by atoms with Gasteiger partial charge in [-0.2, -0.15) is 5.10 Å². The molecular formula is C38H46FN9O5Si. The van der Waals surface area contributed by atoms with Gasteiger partial charge in [0.15, 0.2) is 11.5 Å². The minimum atomic E-state index is -1.21. The highest BCUT2D eigenvalue weighted by Gasteiger charge is 2.39. The zero-order chi connectivity index (χ0) is 38.2. The number of hydrogen-bond acceptors (Lipinski definition) is 10. The highest BCUT2D eigenvalue weighted by molar-refractivity contribution is 6.76. The Morgan fingerprint density at radius 2 is 1.81 bits per heavy atom. The third-order valence-corrected chi connectivity index (χ3v) is 11.0. The molecule has 2 saturated heterocycles. The van der Waals surface area contributed by atoms with E-state index in [0.29, 0.717) is 55.4 Å². The minimum absolute atomic E-state index is 0.133. The second-order valence-corrected chi connectivity index (χ2v) is 21.4. The number of para-hydroxylation sites is 1. The molecule has 0 spiro atoms. The fourth-order valence-corrected chi connectivity index (χ4v) is 7.25. The van der Waals surface area contributed by atoms with Crippen LogP contribution in [0.3, 0.4) is 0 Å². The fraction of sp³-hybridized carbons (Fsp3) is 0.421. The Hall–Kier alpha value is -5.35. The first kappa shape index (κ1) is 37.0. The number of rotatable bonds is 10. The average molecular weight is 756 g/mol. The second-order valence-electron chi connectivity index (χ2n) is 15.7. The number of benzene rings is 2. The third kappa shape index (κ3) is 8.08. The molecule has 54 heavy (non-hydrogen) atoms. The molecule has 14 nitrogen and oxygen atoms in total. The number of amides is 2. The first-order chi connectivity index (χ1) is 25.7. The summed E-state index contributed by atoms with van der Waals surface area (Å²) in [5.41, 5.74) is 3.13. The van der Waals surface area contributed by atoms with Crippen LogP contribution in [0.1, 0.15) is 32.4 Å². The van der Waals surface area contributed by atoms with Crippen LogP contribution < -0.4 is 9.80 Å². The molecule has 7 rings (SSSR count). The number of aromatic nitrogens is 6. The van der Waals surface area contributed by atoms with E-state index in [1.54, 1.807) is 49.6 Å². The maximum atomic E-state index is 15.6. The zero-order valence-electron chi connectivity index (χ0n) is 31.5. The number of piperazine rings is 1. The van der Waals surface area contributed by atoms with E-state index in [2.05, 4.69) is 39.7 Å². The van der Waals surface area contributed by atoms with Crippen LogP contribution in [0.15, 0.2) is 67.3 Å². The number of anilines is 2. The number of carbonyl (C=O) groups excluding carboxylic acids is 2. The number of nitrogens with zero attached hydrogens (tertiary/aromatic N) is 9. The molecule has 2 amide bonds. The van der Waals surface area contributed by atoms with Gasteiger partial charge in [-0.15, -0.1) is 5.10 Å². The Morgan fingerprint density at radius 3 is 2.56 bits per heavy atom. The Balaban J connectivity index is 1.10. The average Bonchev–Trinajstić information content (AvgIpc) is 3.87. The molecule has 0 N–H and O–H groups in total. The number of hydrogen-bond donors (Lipinski definition) is 0. The standard InChI is InChI=1S/C38H46FN9O5Si/c1-38(2,3)53-36(49)45-17-15-44(16-18-45)31-10-8-7-9-28(31)32-23-52-37(50)48(32)33-13-14-47-35(42-33)29(22-41-47)26-11-12-27(30(39)21-26)34-40-24-46(43-34)25-51-19-20-54(4,5)6/h7-14,21-22,24,32H,15-20,23,25H2,1-6H3. The second kappa shape index (κ2) is 14.8. The van der Waals surface area contributed by atoms with E-state index in [1.165, 1.54) is 12.4 Å². The maximum Gasteiger partial charge on any atom is 0.416 e. The maximum absolute atomic E-state index is 15.6. The molecule has 1 unspecified atom stereocenters. The number of cyclic esters (lactones) is 1. The molecule has 5 heterocycles. The summed E-state index contributed by atoms with van der Waals surface area (Å²) in [5, 5.41) is 8.87. The van der Waals surface area contributed by atoms with Gasteiger partial charge in [-0.3, -0.25) is 4.90 Å². The van der Waals surface area contributed by atoms with Crippen molar-refractivity contribution in [1.29, 1.82) is 0 Å². The van der Waals surface area contributed by atoms with E-state index < -0.39 is 31.6 Å². The lowest BCUT2D eigenvalue weighted by molar-refractivity contribution is 0.0240. The zero-order valence-corrected chi connectivity index (χ0v) is 32.5. The highest BCUT2D eigenvalue weighted by Crippen LogP contribution is 2.38. The molecule has 1 atom stereocenters. The van der Waals surface area contributed by atoms with Crippen molar-refractivity contribution in [3.8, 4) is 22.5 Å². The molecule has 284 valence electrons. The smallest absolute Gasteiger partial charge is 0.416 e. The van der Waals surface area contributed by atoms with Gasteiger partial charge in [0.2, 0.25) is 0 Å². The molecule has 0 aliphatic carbocycles. The topological polar surface area (TPSA) is 132 Å². The quantitative estimate of drug-likeness (QED) is 0.110. The van der Waals surface area contributed by atoms with Crippen molar-refractivity contribution in [2.24, 2.45) is 0 Å². The molecule has 0 saturated carbocycles. The lowest BCUT2D eigenvalue weighted by atomic mass is 10.0. The minimum Gasteiger partial charge on any atom is -0.447 e. The molecule has 2 aliphatic heterocycles. The summed E-state index contributed by atoms with van der Waals surface area (Å²) < 4.78 is 35.7. The third-order valence-electron chi connectivity index (χ3n) is 9.32. The molecule has 0 bridgehead atoms. The van der Waals surface area contributed by atoms with Crippen LogP contribution in [-0.4, -0.2) is 99.5 Å². The van der Waals surface area contributed by atoms with E-state index in [1.807, 2.05) is 45.0 Å². The molecule has 2 aromatic carbocycles. The van der Waals surface area contributed by atoms with E-state index in [9.17, 15) is 9.59 Å². The Labute approximate surface area is 314 Å². The van der Waals surface area contributed by atoms with Gasteiger partial charge in [0.1, 0.15) is 42.9 Å². The van der Waals surface area contributed by atoms with Gasteiger partial charge in [0.05, 0.1) is 11.8 Å². The molecule has 2 fully saturated rings. The van der Waals surface area contributed by atoms with Crippen LogP contribution in [0.2, 0.25) is 25.7 Å². The van der Waals surface area contributed by atoms with E-state index in [0.717, 1.165) is 17.3 Å². The molecular weight excluding hydrogens is 710 g/mol. The van der Waals surface area contributed by atoms with Gasteiger partial charge < -0.3 is 24.0 Å². The molecule has 5 aromatic rings. The monoisotopic (exact) mass is 755 g/mol. The molecule has 3 aromatic heterocycles. The van der Waals surface area contributed by atoms with Crippen molar-refractivity contribution in [2.75, 3.05) is 49.2 Å². The van der Waals surface area contributed by atoms with Crippen molar-refractivity contribution in [2.45, 2.75) is 64.8 Å². The summed E-state index contributed by atoms with van der Waals surface area (Å²) in [6.07, 6.45) is 4.03. The summed E-state index contributed by atoms with van der Waals surface area (Å²) in [6, 6.07) is 15.0. The van der Waals surface area contributed by atoms with Crippen molar-refractivity contribution >= 4 is 37.4 Å². The van der Waals surface area contributed by atoms with Gasteiger partial charge >= 0.3 is 12.2 Å². The SMILES string of the molecule is CC(C)(C)OC(=O)N1CCN(c2ccccc2C2COC(=O)N2c2ccn3ncc(-c4ccc(-c5ncn(COCC[Si](C)(C)C)n5)c(F)c4)c3n2)CC1. The largest absolute Gasteiger partial charge is 0.447 e. The summed E-state index contributed by atoms with van der Waals surface area (Å²) in [5.74, 6) is 0.143. The van der Waals surface area contributed by atoms with Crippen LogP contribution in [0.5, 0.6) is 0 Å². The van der Waals surface area contributed by atoms with Crippen LogP contribution in [0.25, 0.3) is 28.2 Å². The predicted molar refractivity (Wildman–Crippen MR) is 205 cm³/mol. The number of ether oxygens (including phenoxy) is 3. The molecule has 2 aliphatic rings. The summed E-state index contributed by atoms with van der Waals surface area (Å²) >= 11 is 0. The molecule has 0 radical (unpaired) electrons. The van der Waals surface area contributed by atoms with Gasteiger partial charge in [-0.25, -0.2) is 33.1 Å². The lowest BCUT2D eigenvalue weighted by Crippen LogP contribution is -2.50.